The molecule has 190 valence electrons. The summed E-state index contributed by atoms with van der Waals surface area (Å²) in [6.45, 7) is 12.7. The first kappa shape index (κ1) is 25.2. The van der Waals surface area contributed by atoms with E-state index >= 15 is 0 Å². The summed E-state index contributed by atoms with van der Waals surface area (Å²) in [5.74, 6) is 0.423. The Balaban J connectivity index is 1.36. The van der Waals surface area contributed by atoms with Gasteiger partial charge in [0.25, 0.3) is 0 Å². The van der Waals surface area contributed by atoms with Gasteiger partial charge in [-0.2, -0.15) is 5.10 Å². The van der Waals surface area contributed by atoms with Gasteiger partial charge in [-0.25, -0.2) is 9.48 Å². The van der Waals surface area contributed by atoms with Gasteiger partial charge in [-0.3, -0.25) is 9.69 Å². The maximum absolute atomic E-state index is 13.1. The molecule has 35 heavy (non-hydrogen) atoms. The molecule has 3 amide bonds. The Labute approximate surface area is 209 Å². The second-order valence-corrected chi connectivity index (χ2v) is 10.2. The molecule has 1 unspecified atom stereocenters. The number of aryl methyl sites for hydroxylation is 1. The number of hydrogen-bond donors (Lipinski definition) is 1. The maximum Gasteiger partial charge on any atom is 0.322 e. The van der Waals surface area contributed by atoms with Crippen LogP contribution in [-0.2, 0) is 4.79 Å². The standard InChI is InChI=1S/C27H40N6O2/c1-20(2)25-24(19-28-33(25)23-11-9-21(3)10-12-23)29-27(35)32-17-15-30(16-18-32)22(4)26(34)31-13-7-5-6-8-14-31/h9-12,19-20,22H,5-8,13-18H2,1-4H3,(H,29,35). The molecule has 1 aromatic carbocycles. The summed E-state index contributed by atoms with van der Waals surface area (Å²) < 4.78 is 1.91. The molecule has 1 N–H and O–H groups in total. The first-order valence-electron chi connectivity index (χ1n) is 13.1. The lowest BCUT2D eigenvalue weighted by Crippen LogP contribution is -2.56. The first-order chi connectivity index (χ1) is 16.8. The molecular formula is C27H40N6O2. The number of urea groups is 1. The third-order valence-electron chi connectivity index (χ3n) is 7.30. The van der Waals surface area contributed by atoms with Crippen LogP contribution in [0.2, 0.25) is 0 Å². The maximum atomic E-state index is 13.1. The Morgan fingerprint density at radius 1 is 0.857 bits per heavy atom. The minimum atomic E-state index is -0.140. The molecule has 3 heterocycles. The fraction of sp³-hybridized carbons (Fsp3) is 0.593. The highest BCUT2D eigenvalue weighted by Gasteiger charge is 2.30. The molecule has 1 atom stereocenters. The number of nitrogens with zero attached hydrogens (tertiary/aromatic N) is 5. The Bertz CT molecular complexity index is 999. The number of aromatic nitrogens is 2. The van der Waals surface area contributed by atoms with Gasteiger partial charge in [0.1, 0.15) is 0 Å². The Hall–Kier alpha value is -2.87. The van der Waals surface area contributed by atoms with Gasteiger partial charge in [0.2, 0.25) is 5.91 Å². The molecule has 8 heteroatoms. The molecule has 2 aromatic rings. The lowest BCUT2D eigenvalue weighted by Gasteiger charge is -2.38. The van der Waals surface area contributed by atoms with Gasteiger partial charge in [-0.15, -0.1) is 0 Å². The highest BCUT2D eigenvalue weighted by Crippen LogP contribution is 2.27. The van der Waals surface area contributed by atoms with Crippen LogP contribution in [-0.4, -0.2) is 81.7 Å². The SMILES string of the molecule is Cc1ccc(-n2ncc(NC(=O)N3CCN(C(C)C(=O)N4CCCCCC4)CC3)c2C(C)C)cc1. The Morgan fingerprint density at radius 2 is 1.49 bits per heavy atom. The number of hydrogen-bond acceptors (Lipinski definition) is 4. The molecule has 0 aliphatic carbocycles. The third kappa shape index (κ3) is 5.86. The van der Waals surface area contributed by atoms with E-state index in [2.05, 4.69) is 48.2 Å². The van der Waals surface area contributed by atoms with Crippen LogP contribution < -0.4 is 5.32 Å². The van der Waals surface area contributed by atoms with Gasteiger partial charge in [0, 0.05) is 39.3 Å². The predicted molar refractivity (Wildman–Crippen MR) is 139 cm³/mol. The zero-order valence-electron chi connectivity index (χ0n) is 21.7. The van der Waals surface area contributed by atoms with Crippen molar-refractivity contribution in [3.05, 3.63) is 41.7 Å². The molecule has 0 spiro atoms. The number of carbonyl (C=O) groups excluding carboxylic acids is 2. The smallest absolute Gasteiger partial charge is 0.322 e. The number of amides is 3. The van der Waals surface area contributed by atoms with Gasteiger partial charge in [-0.1, -0.05) is 44.4 Å². The Morgan fingerprint density at radius 3 is 2.09 bits per heavy atom. The van der Waals surface area contributed by atoms with Crippen molar-refractivity contribution in [2.24, 2.45) is 0 Å². The largest absolute Gasteiger partial charge is 0.341 e. The van der Waals surface area contributed by atoms with Gasteiger partial charge in [-0.05, 0) is 44.7 Å². The summed E-state index contributed by atoms with van der Waals surface area (Å²) in [5.41, 5.74) is 3.91. The summed E-state index contributed by atoms with van der Waals surface area (Å²) in [6.07, 6.45) is 6.38. The normalized spacial score (nSPS) is 18.4. The molecule has 2 aliphatic heterocycles. The van der Waals surface area contributed by atoms with Crippen molar-refractivity contribution in [2.75, 3.05) is 44.6 Å². The van der Waals surface area contributed by atoms with Crippen molar-refractivity contribution in [1.82, 2.24) is 24.5 Å². The van der Waals surface area contributed by atoms with E-state index in [1.54, 1.807) is 6.20 Å². The topological polar surface area (TPSA) is 73.7 Å². The molecule has 0 saturated carbocycles. The Kier molecular flexibility index (Phi) is 8.11. The van der Waals surface area contributed by atoms with Crippen LogP contribution in [0.5, 0.6) is 0 Å². The molecular weight excluding hydrogens is 440 g/mol. The lowest BCUT2D eigenvalue weighted by molar-refractivity contribution is -0.136. The average molecular weight is 481 g/mol. The number of likely N-dealkylation sites (tertiary alicyclic amines) is 1. The molecule has 2 fully saturated rings. The number of carbonyl (C=O) groups is 2. The predicted octanol–water partition coefficient (Wildman–Crippen LogP) is 4.24. The number of nitrogens with one attached hydrogen (secondary N) is 1. The van der Waals surface area contributed by atoms with Crippen molar-refractivity contribution in [1.29, 1.82) is 0 Å². The summed E-state index contributed by atoms with van der Waals surface area (Å²) in [7, 11) is 0. The molecule has 1 aromatic heterocycles. The van der Waals surface area contributed by atoms with Crippen LogP contribution in [0.4, 0.5) is 10.5 Å². The monoisotopic (exact) mass is 480 g/mol. The lowest BCUT2D eigenvalue weighted by atomic mass is 10.1. The van der Waals surface area contributed by atoms with Crippen molar-refractivity contribution < 1.29 is 9.59 Å². The summed E-state index contributed by atoms with van der Waals surface area (Å²) >= 11 is 0. The number of rotatable bonds is 5. The van der Waals surface area contributed by atoms with Crippen LogP contribution in [0.15, 0.2) is 30.5 Å². The van der Waals surface area contributed by atoms with Gasteiger partial charge < -0.3 is 15.1 Å². The van der Waals surface area contributed by atoms with E-state index in [9.17, 15) is 9.59 Å². The first-order valence-corrected chi connectivity index (χ1v) is 13.1. The number of piperazine rings is 1. The second-order valence-electron chi connectivity index (χ2n) is 10.2. The van der Waals surface area contributed by atoms with E-state index in [1.165, 1.54) is 18.4 Å². The highest BCUT2D eigenvalue weighted by atomic mass is 16.2. The van der Waals surface area contributed by atoms with Crippen molar-refractivity contribution in [3.63, 3.8) is 0 Å². The quantitative estimate of drug-likeness (QED) is 0.695. The van der Waals surface area contributed by atoms with Crippen molar-refractivity contribution >= 4 is 17.6 Å². The summed E-state index contributed by atoms with van der Waals surface area (Å²) in [5, 5.41) is 7.67. The second kappa shape index (κ2) is 11.2. The minimum Gasteiger partial charge on any atom is -0.341 e. The number of benzene rings is 1. The number of anilines is 1. The zero-order valence-corrected chi connectivity index (χ0v) is 21.7. The molecule has 0 radical (unpaired) electrons. The molecule has 2 aliphatic rings. The van der Waals surface area contributed by atoms with Crippen LogP contribution in [0, 0.1) is 6.92 Å². The molecule has 4 rings (SSSR count). The zero-order chi connectivity index (χ0) is 24.9. The van der Waals surface area contributed by atoms with Crippen molar-refractivity contribution in [3.8, 4) is 5.69 Å². The van der Waals surface area contributed by atoms with Crippen LogP contribution in [0.3, 0.4) is 0 Å². The van der Waals surface area contributed by atoms with Gasteiger partial charge in [0.05, 0.1) is 29.3 Å². The van der Waals surface area contributed by atoms with Crippen LogP contribution in [0.25, 0.3) is 5.69 Å². The van der Waals surface area contributed by atoms with Crippen LogP contribution in [0.1, 0.15) is 63.6 Å². The summed E-state index contributed by atoms with van der Waals surface area (Å²) in [4.78, 5) is 32.2. The average Bonchev–Trinajstić information content (AvgIpc) is 3.08. The fourth-order valence-corrected chi connectivity index (χ4v) is 5.12. The molecule has 0 bridgehead atoms. The van der Waals surface area contributed by atoms with Crippen molar-refractivity contribution in [2.45, 2.75) is 65.3 Å². The van der Waals surface area contributed by atoms with E-state index in [0.29, 0.717) is 26.2 Å². The van der Waals surface area contributed by atoms with Crippen LogP contribution >= 0.6 is 0 Å². The van der Waals surface area contributed by atoms with E-state index in [0.717, 1.165) is 43.0 Å². The fourth-order valence-electron chi connectivity index (χ4n) is 5.12. The third-order valence-corrected chi connectivity index (χ3v) is 7.30. The van der Waals surface area contributed by atoms with Gasteiger partial charge >= 0.3 is 6.03 Å². The summed E-state index contributed by atoms with van der Waals surface area (Å²) in [6, 6.07) is 7.98. The van der Waals surface area contributed by atoms with E-state index in [1.807, 2.05) is 33.5 Å². The van der Waals surface area contributed by atoms with Gasteiger partial charge in [0.15, 0.2) is 0 Å². The minimum absolute atomic E-state index is 0.110. The van der Waals surface area contributed by atoms with E-state index < -0.39 is 0 Å². The highest BCUT2D eigenvalue weighted by molar-refractivity contribution is 5.90. The molecule has 2 saturated heterocycles. The molecule has 8 nitrogen and oxygen atoms in total. The van der Waals surface area contributed by atoms with E-state index in [-0.39, 0.29) is 23.9 Å². The van der Waals surface area contributed by atoms with E-state index in [4.69, 9.17) is 0 Å².